The Morgan fingerprint density at radius 1 is 1.45 bits per heavy atom. The highest BCUT2D eigenvalue weighted by molar-refractivity contribution is 6.31. The molecule has 1 aliphatic heterocycles. The fourth-order valence-electron chi connectivity index (χ4n) is 1.90. The van der Waals surface area contributed by atoms with Crippen LogP contribution in [0.1, 0.15) is 10.4 Å². The normalized spacial score (nSPS) is 18.4. The van der Waals surface area contributed by atoms with Gasteiger partial charge in [-0.2, -0.15) is 0 Å². The molecular weight excluding hydrogens is 282 g/mol. The first-order chi connectivity index (χ1) is 9.61. The first kappa shape index (κ1) is 14.8. The Hall–Kier alpha value is -1.63. The van der Waals surface area contributed by atoms with Crippen molar-refractivity contribution in [1.82, 2.24) is 10.6 Å². The summed E-state index contributed by atoms with van der Waals surface area (Å²) in [6.45, 7) is 1.67. The van der Waals surface area contributed by atoms with Crippen LogP contribution < -0.4 is 16.0 Å². The Labute approximate surface area is 121 Å². The van der Waals surface area contributed by atoms with Gasteiger partial charge in [0.15, 0.2) is 0 Å². The lowest BCUT2D eigenvalue weighted by Crippen LogP contribution is -2.45. The molecule has 0 spiro atoms. The van der Waals surface area contributed by atoms with Crippen LogP contribution in [0.25, 0.3) is 0 Å². The minimum atomic E-state index is -0.558. The van der Waals surface area contributed by atoms with Gasteiger partial charge in [0.05, 0.1) is 17.9 Å². The van der Waals surface area contributed by atoms with Crippen molar-refractivity contribution in [2.45, 2.75) is 6.10 Å². The van der Waals surface area contributed by atoms with E-state index in [0.29, 0.717) is 29.4 Å². The van der Waals surface area contributed by atoms with Gasteiger partial charge in [-0.25, -0.2) is 0 Å². The average Bonchev–Trinajstić information content (AvgIpc) is 2.49. The standard InChI is InChI=1S/C13H16ClN3O3/c1-15-12(18)9-6-8(14)2-3-10(9)17-13(19)11-7-16-4-5-20-11/h2-3,6,11,16H,4-5,7H2,1H3,(H,15,18)(H,17,19)/t11-/m1/s1. The maximum absolute atomic E-state index is 12.1. The van der Waals surface area contributed by atoms with Gasteiger partial charge in [0.1, 0.15) is 6.10 Å². The van der Waals surface area contributed by atoms with Crippen molar-refractivity contribution in [1.29, 1.82) is 0 Å². The third-order valence-corrected chi connectivity index (χ3v) is 3.17. The SMILES string of the molecule is CNC(=O)c1cc(Cl)ccc1NC(=O)[C@H]1CNCCO1. The van der Waals surface area contributed by atoms with Crippen molar-refractivity contribution in [3.63, 3.8) is 0 Å². The average molecular weight is 298 g/mol. The summed E-state index contributed by atoms with van der Waals surface area (Å²) in [4.78, 5) is 23.9. The van der Waals surface area contributed by atoms with E-state index in [2.05, 4.69) is 16.0 Å². The molecule has 1 heterocycles. The van der Waals surface area contributed by atoms with Gasteiger partial charge in [0.25, 0.3) is 11.8 Å². The van der Waals surface area contributed by atoms with E-state index in [1.165, 1.54) is 13.1 Å². The number of amides is 2. The summed E-state index contributed by atoms with van der Waals surface area (Å²) < 4.78 is 5.36. The van der Waals surface area contributed by atoms with Crippen LogP contribution >= 0.6 is 11.6 Å². The fourth-order valence-corrected chi connectivity index (χ4v) is 2.07. The highest BCUT2D eigenvalue weighted by atomic mass is 35.5. The summed E-state index contributed by atoms with van der Waals surface area (Å²) in [6.07, 6.45) is -0.558. The number of morpholine rings is 1. The van der Waals surface area contributed by atoms with Gasteiger partial charge in [-0.1, -0.05) is 11.6 Å². The number of rotatable bonds is 3. The van der Waals surface area contributed by atoms with Crippen molar-refractivity contribution in [3.05, 3.63) is 28.8 Å². The van der Waals surface area contributed by atoms with Gasteiger partial charge in [0, 0.05) is 25.2 Å². The Morgan fingerprint density at radius 3 is 2.90 bits per heavy atom. The number of hydrogen-bond donors (Lipinski definition) is 3. The summed E-state index contributed by atoms with van der Waals surface area (Å²) in [5.41, 5.74) is 0.727. The molecule has 7 heteroatoms. The number of anilines is 1. The molecule has 3 N–H and O–H groups in total. The Balaban J connectivity index is 2.15. The van der Waals surface area contributed by atoms with Crippen molar-refractivity contribution in [2.24, 2.45) is 0 Å². The minimum absolute atomic E-state index is 0.287. The summed E-state index contributed by atoms with van der Waals surface area (Å²) >= 11 is 5.88. The number of nitrogens with one attached hydrogen (secondary N) is 3. The number of carbonyl (C=O) groups is 2. The lowest BCUT2D eigenvalue weighted by molar-refractivity contribution is -0.128. The van der Waals surface area contributed by atoms with Crippen LogP contribution in [0.3, 0.4) is 0 Å². The molecule has 0 unspecified atom stereocenters. The Bertz CT molecular complexity index is 516. The number of carbonyl (C=O) groups excluding carboxylic acids is 2. The zero-order valence-corrected chi connectivity index (χ0v) is 11.8. The molecule has 0 aromatic heterocycles. The van der Waals surface area contributed by atoms with E-state index in [-0.39, 0.29) is 11.8 Å². The highest BCUT2D eigenvalue weighted by Crippen LogP contribution is 2.21. The van der Waals surface area contributed by atoms with Gasteiger partial charge >= 0.3 is 0 Å². The first-order valence-corrected chi connectivity index (χ1v) is 6.64. The topological polar surface area (TPSA) is 79.5 Å². The molecule has 1 atom stereocenters. The van der Waals surface area contributed by atoms with Gasteiger partial charge in [0.2, 0.25) is 0 Å². The van der Waals surface area contributed by atoms with Crippen molar-refractivity contribution in [2.75, 3.05) is 32.1 Å². The smallest absolute Gasteiger partial charge is 0.254 e. The predicted molar refractivity (Wildman–Crippen MR) is 76.1 cm³/mol. The van der Waals surface area contributed by atoms with Crippen LogP contribution in [0, 0.1) is 0 Å². The Kier molecular flexibility index (Phi) is 4.94. The van der Waals surface area contributed by atoms with E-state index in [0.717, 1.165) is 6.54 Å². The van der Waals surface area contributed by atoms with Crippen LogP contribution in [0.15, 0.2) is 18.2 Å². The molecule has 1 aromatic carbocycles. The summed E-state index contributed by atoms with van der Waals surface area (Å²) in [5.74, 6) is -0.602. The van der Waals surface area contributed by atoms with Gasteiger partial charge in [-0.05, 0) is 18.2 Å². The molecule has 1 aromatic rings. The van der Waals surface area contributed by atoms with Crippen LogP contribution in [0.4, 0.5) is 5.69 Å². The largest absolute Gasteiger partial charge is 0.366 e. The van der Waals surface area contributed by atoms with Crippen molar-refractivity contribution < 1.29 is 14.3 Å². The lowest BCUT2D eigenvalue weighted by Gasteiger charge is -2.23. The number of ether oxygens (including phenoxy) is 1. The van der Waals surface area contributed by atoms with Crippen molar-refractivity contribution >= 4 is 29.1 Å². The molecular formula is C13H16ClN3O3. The van der Waals surface area contributed by atoms with Crippen molar-refractivity contribution in [3.8, 4) is 0 Å². The fraction of sp³-hybridized carbons (Fsp3) is 0.385. The molecule has 0 bridgehead atoms. The molecule has 0 saturated carbocycles. The predicted octanol–water partition coefficient (Wildman–Crippen LogP) is 0.626. The zero-order valence-electron chi connectivity index (χ0n) is 11.0. The quantitative estimate of drug-likeness (QED) is 0.764. The Morgan fingerprint density at radius 2 is 2.25 bits per heavy atom. The van der Waals surface area contributed by atoms with Crippen LogP contribution in [0.2, 0.25) is 5.02 Å². The van der Waals surface area contributed by atoms with E-state index in [1.54, 1.807) is 12.1 Å². The van der Waals surface area contributed by atoms with Crippen LogP contribution in [-0.4, -0.2) is 44.7 Å². The van der Waals surface area contributed by atoms with E-state index in [9.17, 15) is 9.59 Å². The molecule has 108 valence electrons. The molecule has 20 heavy (non-hydrogen) atoms. The molecule has 2 amide bonds. The summed E-state index contributed by atoms with van der Waals surface area (Å²) in [5, 5.41) is 8.71. The van der Waals surface area contributed by atoms with Gasteiger partial charge in [-0.3, -0.25) is 9.59 Å². The maximum Gasteiger partial charge on any atom is 0.254 e. The van der Waals surface area contributed by atoms with E-state index >= 15 is 0 Å². The summed E-state index contributed by atoms with van der Waals surface area (Å²) in [7, 11) is 1.52. The first-order valence-electron chi connectivity index (χ1n) is 6.26. The number of benzene rings is 1. The maximum atomic E-state index is 12.1. The van der Waals surface area contributed by atoms with Crippen LogP contribution in [0.5, 0.6) is 0 Å². The van der Waals surface area contributed by atoms with Gasteiger partial charge < -0.3 is 20.7 Å². The molecule has 0 radical (unpaired) electrons. The summed E-state index contributed by atoms with van der Waals surface area (Å²) in [6, 6.07) is 4.72. The third kappa shape index (κ3) is 3.47. The molecule has 1 saturated heterocycles. The number of halogens is 1. The number of hydrogen-bond acceptors (Lipinski definition) is 4. The molecule has 1 aliphatic rings. The second kappa shape index (κ2) is 6.69. The van der Waals surface area contributed by atoms with Gasteiger partial charge in [-0.15, -0.1) is 0 Å². The molecule has 0 aliphatic carbocycles. The lowest BCUT2D eigenvalue weighted by atomic mass is 10.1. The molecule has 1 fully saturated rings. The van der Waals surface area contributed by atoms with E-state index in [1.807, 2.05) is 0 Å². The monoisotopic (exact) mass is 297 g/mol. The van der Waals surface area contributed by atoms with E-state index < -0.39 is 6.10 Å². The molecule has 2 rings (SSSR count). The zero-order chi connectivity index (χ0) is 14.5. The minimum Gasteiger partial charge on any atom is -0.366 e. The molecule has 6 nitrogen and oxygen atoms in total. The second-order valence-corrected chi connectivity index (χ2v) is 4.76. The van der Waals surface area contributed by atoms with Crippen LogP contribution in [-0.2, 0) is 9.53 Å². The highest BCUT2D eigenvalue weighted by Gasteiger charge is 2.23. The third-order valence-electron chi connectivity index (χ3n) is 2.93. The van der Waals surface area contributed by atoms with E-state index in [4.69, 9.17) is 16.3 Å². The second-order valence-electron chi connectivity index (χ2n) is 4.32.